The Morgan fingerprint density at radius 3 is 2.53 bits per heavy atom. The highest BCUT2D eigenvalue weighted by molar-refractivity contribution is 5.83. The van der Waals surface area contributed by atoms with Crippen LogP contribution in [0.5, 0.6) is 0 Å². The number of carboxylic acids is 1. The normalized spacial score (nSPS) is 13.7. The van der Waals surface area contributed by atoms with Gasteiger partial charge in [-0.2, -0.15) is 5.26 Å². The Kier molecular flexibility index (Phi) is 6.11. The third-order valence-electron chi connectivity index (χ3n) is 2.26. The first-order valence-corrected chi connectivity index (χ1v) is 4.92. The molecule has 5 nitrogen and oxygen atoms in total. The van der Waals surface area contributed by atoms with E-state index in [0.29, 0.717) is 6.42 Å². The molecule has 0 unspecified atom stereocenters. The lowest BCUT2D eigenvalue weighted by Crippen LogP contribution is -2.44. The minimum atomic E-state index is -1.03. The standard InChI is InChI=1S/C10H16N2O3/c1-3-7(2)9(10(14)15)12-8(13)5-4-6-11/h7,9H,3-5H2,1-2H3,(H,12,13)(H,14,15)/t7-,9-/m0/s1. The molecule has 0 saturated carbocycles. The number of carboxylic acid groups (broad SMARTS) is 1. The maximum atomic E-state index is 11.2. The van der Waals surface area contributed by atoms with Gasteiger partial charge in [0, 0.05) is 12.8 Å². The molecular weight excluding hydrogens is 196 g/mol. The summed E-state index contributed by atoms with van der Waals surface area (Å²) in [6.45, 7) is 3.63. The van der Waals surface area contributed by atoms with E-state index in [-0.39, 0.29) is 24.7 Å². The van der Waals surface area contributed by atoms with Crippen LogP contribution in [-0.2, 0) is 9.59 Å². The SMILES string of the molecule is CC[C@H](C)[C@H](NC(=O)CCC#N)C(=O)O. The Labute approximate surface area is 89.1 Å². The van der Waals surface area contributed by atoms with Gasteiger partial charge in [-0.15, -0.1) is 0 Å². The second-order valence-corrected chi connectivity index (χ2v) is 3.43. The van der Waals surface area contributed by atoms with Crippen molar-refractivity contribution in [2.24, 2.45) is 5.92 Å². The third-order valence-corrected chi connectivity index (χ3v) is 2.26. The van der Waals surface area contributed by atoms with Gasteiger partial charge in [0.2, 0.25) is 5.91 Å². The highest BCUT2D eigenvalue weighted by Gasteiger charge is 2.24. The molecule has 0 radical (unpaired) electrons. The summed E-state index contributed by atoms with van der Waals surface area (Å²) >= 11 is 0. The maximum absolute atomic E-state index is 11.2. The zero-order chi connectivity index (χ0) is 11.8. The fourth-order valence-electron chi connectivity index (χ4n) is 1.10. The summed E-state index contributed by atoms with van der Waals surface area (Å²) < 4.78 is 0. The average molecular weight is 212 g/mol. The van der Waals surface area contributed by atoms with Crippen molar-refractivity contribution in [2.75, 3.05) is 0 Å². The molecule has 0 aliphatic rings. The number of carbonyl (C=O) groups is 2. The summed E-state index contributed by atoms with van der Waals surface area (Å²) in [5, 5.41) is 19.5. The van der Waals surface area contributed by atoms with E-state index < -0.39 is 12.0 Å². The number of nitriles is 1. The zero-order valence-corrected chi connectivity index (χ0v) is 8.99. The van der Waals surface area contributed by atoms with E-state index in [1.54, 1.807) is 6.92 Å². The van der Waals surface area contributed by atoms with Crippen LogP contribution in [0.3, 0.4) is 0 Å². The van der Waals surface area contributed by atoms with E-state index >= 15 is 0 Å². The summed E-state index contributed by atoms with van der Waals surface area (Å²) in [6.07, 6.45) is 0.838. The van der Waals surface area contributed by atoms with Gasteiger partial charge in [-0.25, -0.2) is 4.79 Å². The minimum Gasteiger partial charge on any atom is -0.480 e. The lowest BCUT2D eigenvalue weighted by Gasteiger charge is -2.19. The van der Waals surface area contributed by atoms with Gasteiger partial charge in [-0.1, -0.05) is 20.3 Å². The van der Waals surface area contributed by atoms with Gasteiger partial charge in [0.15, 0.2) is 0 Å². The number of hydrogen-bond donors (Lipinski definition) is 2. The van der Waals surface area contributed by atoms with Gasteiger partial charge in [0.1, 0.15) is 6.04 Å². The van der Waals surface area contributed by atoms with Crippen LogP contribution in [0.1, 0.15) is 33.1 Å². The van der Waals surface area contributed by atoms with E-state index in [4.69, 9.17) is 10.4 Å². The minimum absolute atomic E-state index is 0.0523. The first-order chi connectivity index (χ1) is 7.02. The van der Waals surface area contributed by atoms with Crippen LogP contribution in [-0.4, -0.2) is 23.0 Å². The van der Waals surface area contributed by atoms with E-state index in [2.05, 4.69) is 5.32 Å². The van der Waals surface area contributed by atoms with Crippen molar-refractivity contribution in [3.8, 4) is 6.07 Å². The molecule has 0 spiro atoms. The van der Waals surface area contributed by atoms with E-state index in [1.165, 1.54) is 0 Å². The van der Waals surface area contributed by atoms with Gasteiger partial charge in [0.25, 0.3) is 0 Å². The smallest absolute Gasteiger partial charge is 0.326 e. The van der Waals surface area contributed by atoms with Crippen LogP contribution < -0.4 is 5.32 Å². The Bertz CT molecular complexity index is 270. The van der Waals surface area contributed by atoms with Crippen LogP contribution >= 0.6 is 0 Å². The largest absolute Gasteiger partial charge is 0.480 e. The van der Waals surface area contributed by atoms with Crippen LogP contribution in [0.2, 0.25) is 0 Å². The van der Waals surface area contributed by atoms with Crippen LogP contribution in [0.4, 0.5) is 0 Å². The monoisotopic (exact) mass is 212 g/mol. The van der Waals surface area contributed by atoms with Gasteiger partial charge in [0.05, 0.1) is 6.07 Å². The second kappa shape index (κ2) is 6.82. The zero-order valence-electron chi connectivity index (χ0n) is 8.99. The molecule has 0 aromatic rings. The molecule has 2 N–H and O–H groups in total. The van der Waals surface area contributed by atoms with Crippen molar-refractivity contribution in [3.05, 3.63) is 0 Å². The van der Waals surface area contributed by atoms with Crippen molar-refractivity contribution in [3.63, 3.8) is 0 Å². The summed E-state index contributed by atoms with van der Waals surface area (Å²) in [7, 11) is 0. The number of aliphatic carboxylic acids is 1. The molecule has 0 aliphatic carbocycles. The predicted octanol–water partition coefficient (Wildman–Crippen LogP) is 0.906. The first kappa shape index (κ1) is 13.4. The lowest BCUT2D eigenvalue weighted by atomic mass is 9.99. The average Bonchev–Trinajstić information content (AvgIpc) is 2.21. The Morgan fingerprint density at radius 2 is 2.13 bits per heavy atom. The molecule has 0 rings (SSSR count). The van der Waals surface area contributed by atoms with E-state index in [9.17, 15) is 9.59 Å². The molecule has 0 aliphatic heterocycles. The maximum Gasteiger partial charge on any atom is 0.326 e. The number of hydrogen-bond acceptors (Lipinski definition) is 3. The molecule has 2 atom stereocenters. The molecule has 5 heteroatoms. The predicted molar refractivity (Wildman–Crippen MR) is 53.9 cm³/mol. The molecule has 0 aromatic carbocycles. The van der Waals surface area contributed by atoms with Crippen molar-refractivity contribution in [1.82, 2.24) is 5.32 Å². The Morgan fingerprint density at radius 1 is 1.53 bits per heavy atom. The van der Waals surface area contributed by atoms with Crippen LogP contribution in [0.15, 0.2) is 0 Å². The van der Waals surface area contributed by atoms with Crippen molar-refractivity contribution in [2.45, 2.75) is 39.2 Å². The molecule has 15 heavy (non-hydrogen) atoms. The molecule has 0 saturated heterocycles. The summed E-state index contributed by atoms with van der Waals surface area (Å²) in [5.74, 6) is -1.53. The number of nitrogens with zero attached hydrogens (tertiary/aromatic N) is 1. The van der Waals surface area contributed by atoms with Gasteiger partial charge in [-0.3, -0.25) is 4.79 Å². The number of amides is 1. The number of nitrogens with one attached hydrogen (secondary N) is 1. The summed E-state index contributed by atoms with van der Waals surface area (Å²) in [5.41, 5.74) is 0. The highest BCUT2D eigenvalue weighted by Crippen LogP contribution is 2.08. The van der Waals surface area contributed by atoms with Crippen LogP contribution in [0, 0.1) is 17.2 Å². The molecule has 1 amide bonds. The summed E-state index contributed by atoms with van der Waals surface area (Å²) in [4.78, 5) is 22.0. The molecule has 0 fully saturated rings. The van der Waals surface area contributed by atoms with Gasteiger partial charge < -0.3 is 10.4 Å². The molecule has 0 heterocycles. The van der Waals surface area contributed by atoms with Crippen molar-refractivity contribution >= 4 is 11.9 Å². The van der Waals surface area contributed by atoms with E-state index in [0.717, 1.165) is 0 Å². The van der Waals surface area contributed by atoms with Crippen molar-refractivity contribution in [1.29, 1.82) is 5.26 Å². The van der Waals surface area contributed by atoms with Crippen molar-refractivity contribution < 1.29 is 14.7 Å². The molecular formula is C10H16N2O3. The van der Waals surface area contributed by atoms with Crippen LogP contribution in [0.25, 0.3) is 0 Å². The molecule has 0 aromatic heterocycles. The Hall–Kier alpha value is -1.57. The summed E-state index contributed by atoms with van der Waals surface area (Å²) in [6, 6.07) is 0.976. The molecule has 84 valence electrons. The lowest BCUT2D eigenvalue weighted by molar-refractivity contribution is -0.143. The molecule has 0 bridgehead atoms. The Balaban J connectivity index is 4.24. The van der Waals surface area contributed by atoms with E-state index in [1.807, 2.05) is 13.0 Å². The second-order valence-electron chi connectivity index (χ2n) is 3.43. The fourth-order valence-corrected chi connectivity index (χ4v) is 1.10. The number of carbonyl (C=O) groups excluding carboxylic acids is 1. The highest BCUT2D eigenvalue weighted by atomic mass is 16.4. The topological polar surface area (TPSA) is 90.2 Å². The fraction of sp³-hybridized carbons (Fsp3) is 0.700. The first-order valence-electron chi connectivity index (χ1n) is 4.92. The number of rotatable bonds is 6. The van der Waals surface area contributed by atoms with Gasteiger partial charge in [-0.05, 0) is 5.92 Å². The quantitative estimate of drug-likeness (QED) is 0.684. The third kappa shape index (κ3) is 5.01. The van der Waals surface area contributed by atoms with Gasteiger partial charge >= 0.3 is 5.97 Å².